The van der Waals surface area contributed by atoms with E-state index in [9.17, 15) is 18.4 Å². The van der Waals surface area contributed by atoms with Gasteiger partial charge in [-0.1, -0.05) is 0 Å². The first-order chi connectivity index (χ1) is 6.45. The van der Waals surface area contributed by atoms with Crippen molar-refractivity contribution in [2.24, 2.45) is 0 Å². The van der Waals surface area contributed by atoms with Crippen molar-refractivity contribution in [2.45, 2.75) is 6.43 Å². The van der Waals surface area contributed by atoms with Gasteiger partial charge in [0.05, 0.1) is 0 Å². The quantitative estimate of drug-likeness (QED) is 0.676. The van der Waals surface area contributed by atoms with E-state index in [1.807, 2.05) is 0 Å². The van der Waals surface area contributed by atoms with Gasteiger partial charge in [0, 0.05) is 0 Å². The lowest BCUT2D eigenvalue weighted by Gasteiger charge is -1.96. The number of carboxylic acid groups (broad SMARTS) is 2. The van der Waals surface area contributed by atoms with Crippen LogP contribution in [0, 0.1) is 0 Å². The maximum atomic E-state index is 12.1. The molecule has 3 N–H and O–H groups in total. The molecule has 8 heteroatoms. The van der Waals surface area contributed by atoms with Gasteiger partial charge in [-0.2, -0.15) is 5.10 Å². The van der Waals surface area contributed by atoms with Crippen molar-refractivity contribution in [3.05, 3.63) is 17.0 Å². The van der Waals surface area contributed by atoms with E-state index in [0.717, 1.165) is 0 Å². The zero-order valence-electron chi connectivity index (χ0n) is 6.49. The monoisotopic (exact) mass is 206 g/mol. The molecule has 0 spiro atoms. The Kier molecular flexibility index (Phi) is 2.45. The minimum absolute atomic E-state index is 0.923. The van der Waals surface area contributed by atoms with E-state index in [1.54, 1.807) is 5.10 Å². The molecule has 0 radical (unpaired) electrons. The first kappa shape index (κ1) is 10.1. The fourth-order valence-corrected chi connectivity index (χ4v) is 0.885. The van der Waals surface area contributed by atoms with Crippen LogP contribution in [0.4, 0.5) is 8.78 Å². The van der Waals surface area contributed by atoms with Gasteiger partial charge >= 0.3 is 11.9 Å². The van der Waals surface area contributed by atoms with Gasteiger partial charge in [0.2, 0.25) is 0 Å². The van der Waals surface area contributed by atoms with E-state index in [1.165, 1.54) is 0 Å². The number of H-pyrrole nitrogens is 1. The summed E-state index contributed by atoms with van der Waals surface area (Å²) >= 11 is 0. The summed E-state index contributed by atoms with van der Waals surface area (Å²) in [6.07, 6.45) is -3.11. The molecular formula is C6H4F2N2O4. The Morgan fingerprint density at radius 3 is 2.21 bits per heavy atom. The number of aromatic carboxylic acids is 2. The van der Waals surface area contributed by atoms with E-state index in [0.29, 0.717) is 0 Å². The van der Waals surface area contributed by atoms with Crippen LogP contribution in [-0.2, 0) is 0 Å². The molecule has 1 rings (SSSR count). The van der Waals surface area contributed by atoms with Crippen LogP contribution in [0.5, 0.6) is 0 Å². The summed E-state index contributed by atoms with van der Waals surface area (Å²) in [7, 11) is 0. The van der Waals surface area contributed by atoms with Crippen molar-refractivity contribution in [3.63, 3.8) is 0 Å². The van der Waals surface area contributed by atoms with Crippen molar-refractivity contribution in [3.8, 4) is 0 Å². The second-order valence-electron chi connectivity index (χ2n) is 2.27. The minimum Gasteiger partial charge on any atom is -0.478 e. The Hall–Kier alpha value is -1.99. The van der Waals surface area contributed by atoms with E-state index in [-0.39, 0.29) is 0 Å². The number of carboxylic acids is 2. The topological polar surface area (TPSA) is 103 Å². The van der Waals surface area contributed by atoms with Crippen LogP contribution in [-0.4, -0.2) is 32.3 Å². The van der Waals surface area contributed by atoms with Gasteiger partial charge in [0.15, 0.2) is 5.69 Å². The fraction of sp³-hybridized carbons (Fsp3) is 0.167. The highest BCUT2D eigenvalue weighted by molar-refractivity contribution is 6.01. The first-order valence-corrected chi connectivity index (χ1v) is 3.28. The molecule has 0 saturated heterocycles. The van der Waals surface area contributed by atoms with Crippen molar-refractivity contribution < 1.29 is 28.6 Å². The number of hydrogen-bond donors (Lipinski definition) is 3. The smallest absolute Gasteiger partial charge is 0.357 e. The Morgan fingerprint density at radius 2 is 1.86 bits per heavy atom. The number of aromatic amines is 1. The summed E-state index contributed by atoms with van der Waals surface area (Å²) in [5.41, 5.74) is -2.93. The van der Waals surface area contributed by atoms with Gasteiger partial charge < -0.3 is 10.2 Å². The van der Waals surface area contributed by atoms with Gasteiger partial charge in [-0.25, -0.2) is 18.4 Å². The number of nitrogens with one attached hydrogen (secondary N) is 1. The zero-order chi connectivity index (χ0) is 10.9. The summed E-state index contributed by atoms with van der Waals surface area (Å²) in [6, 6.07) is 0. The fourth-order valence-electron chi connectivity index (χ4n) is 0.885. The average Bonchev–Trinajstić information content (AvgIpc) is 2.46. The lowest BCUT2D eigenvalue weighted by Crippen LogP contribution is -2.08. The number of hydrogen-bond acceptors (Lipinski definition) is 3. The summed E-state index contributed by atoms with van der Waals surface area (Å²) in [5.74, 6) is -3.43. The average molecular weight is 206 g/mol. The SMILES string of the molecule is O=C(O)c1n[nH]c(C(F)F)c1C(=O)O. The largest absolute Gasteiger partial charge is 0.478 e. The number of carbonyl (C=O) groups is 2. The minimum atomic E-state index is -3.11. The van der Waals surface area contributed by atoms with Gasteiger partial charge in [-0.15, -0.1) is 0 Å². The summed E-state index contributed by atoms with van der Waals surface area (Å²) in [6.45, 7) is 0. The highest BCUT2D eigenvalue weighted by atomic mass is 19.3. The third kappa shape index (κ3) is 1.53. The molecule has 0 amide bonds. The molecule has 0 aliphatic rings. The van der Waals surface area contributed by atoms with Crippen LogP contribution >= 0.6 is 0 Å². The Labute approximate surface area is 75.2 Å². The Bertz CT molecular complexity index is 387. The summed E-state index contributed by atoms with van der Waals surface area (Å²) in [5, 5.41) is 21.5. The van der Waals surface area contributed by atoms with Gasteiger partial charge in [-0.3, -0.25) is 5.10 Å². The van der Waals surface area contributed by atoms with Crippen LogP contribution in [0.1, 0.15) is 33.0 Å². The maximum Gasteiger partial charge on any atom is 0.357 e. The Morgan fingerprint density at radius 1 is 1.29 bits per heavy atom. The molecular weight excluding hydrogens is 202 g/mol. The van der Waals surface area contributed by atoms with Crippen LogP contribution in [0.15, 0.2) is 0 Å². The lowest BCUT2D eigenvalue weighted by molar-refractivity contribution is 0.0642. The molecule has 76 valence electrons. The highest BCUT2D eigenvalue weighted by Gasteiger charge is 2.28. The second-order valence-corrected chi connectivity index (χ2v) is 2.27. The number of nitrogens with zero attached hydrogens (tertiary/aromatic N) is 1. The van der Waals surface area contributed by atoms with E-state index >= 15 is 0 Å². The van der Waals surface area contributed by atoms with Crippen LogP contribution in [0.2, 0.25) is 0 Å². The lowest BCUT2D eigenvalue weighted by atomic mass is 10.2. The second kappa shape index (κ2) is 3.40. The molecule has 0 fully saturated rings. The van der Waals surface area contributed by atoms with E-state index in [4.69, 9.17) is 10.2 Å². The van der Waals surface area contributed by atoms with Gasteiger partial charge in [0.25, 0.3) is 6.43 Å². The first-order valence-electron chi connectivity index (χ1n) is 3.28. The van der Waals surface area contributed by atoms with Gasteiger partial charge in [-0.05, 0) is 0 Å². The number of rotatable bonds is 3. The normalized spacial score (nSPS) is 10.5. The standard InChI is InChI=1S/C6H4F2N2O4/c7-4(8)2-1(5(11)12)3(6(13)14)10-9-2/h4H,(H,9,10)(H,11,12)(H,13,14). The maximum absolute atomic E-state index is 12.1. The van der Waals surface area contributed by atoms with Crippen LogP contribution in [0.25, 0.3) is 0 Å². The molecule has 6 nitrogen and oxygen atoms in total. The van der Waals surface area contributed by atoms with Crippen molar-refractivity contribution in [2.75, 3.05) is 0 Å². The molecule has 0 unspecified atom stereocenters. The third-order valence-electron chi connectivity index (χ3n) is 1.43. The molecule has 0 saturated carbocycles. The molecule has 0 aliphatic heterocycles. The number of aromatic nitrogens is 2. The van der Waals surface area contributed by atoms with E-state index in [2.05, 4.69) is 5.10 Å². The van der Waals surface area contributed by atoms with E-state index < -0.39 is 35.3 Å². The molecule has 1 aromatic rings. The molecule has 1 aromatic heterocycles. The molecule has 14 heavy (non-hydrogen) atoms. The molecule has 0 bridgehead atoms. The summed E-state index contributed by atoms with van der Waals surface area (Å²) < 4.78 is 24.3. The highest BCUT2D eigenvalue weighted by Crippen LogP contribution is 2.22. The number of halogens is 2. The van der Waals surface area contributed by atoms with Crippen molar-refractivity contribution in [1.82, 2.24) is 10.2 Å². The molecule has 1 heterocycles. The molecule has 0 aromatic carbocycles. The zero-order valence-corrected chi connectivity index (χ0v) is 6.49. The Balaban J connectivity index is 3.35. The third-order valence-corrected chi connectivity index (χ3v) is 1.43. The summed E-state index contributed by atoms with van der Waals surface area (Å²) in [4.78, 5) is 20.8. The van der Waals surface area contributed by atoms with Crippen molar-refractivity contribution in [1.29, 1.82) is 0 Å². The van der Waals surface area contributed by atoms with Gasteiger partial charge in [0.1, 0.15) is 11.3 Å². The van der Waals surface area contributed by atoms with Crippen LogP contribution < -0.4 is 0 Å². The molecule has 0 aliphatic carbocycles. The predicted molar refractivity (Wildman–Crippen MR) is 37.5 cm³/mol. The predicted octanol–water partition coefficient (Wildman–Crippen LogP) is 0.744. The number of alkyl halides is 2. The van der Waals surface area contributed by atoms with Crippen LogP contribution in [0.3, 0.4) is 0 Å². The van der Waals surface area contributed by atoms with Crippen molar-refractivity contribution >= 4 is 11.9 Å². The molecule has 0 atom stereocenters.